The molecule has 1 saturated heterocycles. The maximum absolute atomic E-state index is 10.3. The van der Waals surface area contributed by atoms with Gasteiger partial charge in [-0.2, -0.15) is 0 Å². The summed E-state index contributed by atoms with van der Waals surface area (Å²) in [4.78, 5) is 2.18. The summed E-state index contributed by atoms with van der Waals surface area (Å²) in [5.41, 5.74) is 0.763. The van der Waals surface area contributed by atoms with Crippen molar-refractivity contribution < 1.29 is 10.2 Å². The van der Waals surface area contributed by atoms with E-state index in [4.69, 9.17) is 11.6 Å². The van der Waals surface area contributed by atoms with E-state index in [1.54, 1.807) is 6.07 Å². The zero-order valence-electron chi connectivity index (χ0n) is 11.3. The van der Waals surface area contributed by atoms with Crippen LogP contribution in [0.5, 0.6) is 0 Å². The predicted molar refractivity (Wildman–Crippen MR) is 77.3 cm³/mol. The second-order valence-electron chi connectivity index (χ2n) is 5.40. The molecule has 1 aromatic carbocycles. The second kappa shape index (κ2) is 6.71. The molecule has 1 aromatic rings. The third-order valence-electron chi connectivity index (χ3n) is 4.09. The molecule has 0 bridgehead atoms. The lowest BCUT2D eigenvalue weighted by Crippen LogP contribution is -2.48. The molecule has 1 aliphatic rings. The van der Waals surface area contributed by atoms with Gasteiger partial charge in [0.1, 0.15) is 0 Å². The molecule has 1 fully saturated rings. The Bertz CT molecular complexity index is 413. The van der Waals surface area contributed by atoms with E-state index < -0.39 is 6.10 Å². The Balaban J connectivity index is 2.05. The molecular weight excluding hydrogens is 262 g/mol. The summed E-state index contributed by atoms with van der Waals surface area (Å²) < 4.78 is 0. The molecule has 3 nitrogen and oxygen atoms in total. The van der Waals surface area contributed by atoms with Crippen LogP contribution in [0.1, 0.15) is 31.4 Å². The van der Waals surface area contributed by atoms with Crippen LogP contribution in [0.3, 0.4) is 0 Å². The first-order valence-electron chi connectivity index (χ1n) is 6.91. The van der Waals surface area contributed by atoms with Crippen LogP contribution >= 0.6 is 11.6 Å². The lowest BCUT2D eigenvalue weighted by molar-refractivity contribution is 0.0166. The second-order valence-corrected chi connectivity index (χ2v) is 5.81. The van der Waals surface area contributed by atoms with Crippen LogP contribution in [0, 0.1) is 5.92 Å². The minimum atomic E-state index is -0.604. The van der Waals surface area contributed by atoms with Gasteiger partial charge in [-0.1, -0.05) is 36.7 Å². The van der Waals surface area contributed by atoms with Crippen molar-refractivity contribution in [3.8, 4) is 0 Å². The van der Waals surface area contributed by atoms with Crippen LogP contribution in [0.15, 0.2) is 24.3 Å². The Kier molecular flexibility index (Phi) is 5.22. The van der Waals surface area contributed by atoms with Crippen molar-refractivity contribution in [2.75, 3.05) is 19.7 Å². The first kappa shape index (κ1) is 14.8. The van der Waals surface area contributed by atoms with Gasteiger partial charge in [0.15, 0.2) is 0 Å². The van der Waals surface area contributed by atoms with E-state index in [0.29, 0.717) is 17.5 Å². The van der Waals surface area contributed by atoms with Crippen molar-refractivity contribution in [3.63, 3.8) is 0 Å². The lowest BCUT2D eigenvalue weighted by atomic mass is 9.90. The van der Waals surface area contributed by atoms with E-state index in [1.165, 1.54) is 0 Å². The van der Waals surface area contributed by atoms with E-state index in [2.05, 4.69) is 11.8 Å². The Hall–Kier alpha value is -0.610. The highest BCUT2D eigenvalue weighted by Crippen LogP contribution is 2.28. The number of benzene rings is 1. The number of piperidine rings is 1. The fourth-order valence-electron chi connectivity index (χ4n) is 2.92. The smallest absolute Gasteiger partial charge is 0.0931 e. The van der Waals surface area contributed by atoms with Crippen molar-refractivity contribution in [1.82, 2.24) is 4.90 Å². The number of hydrogen-bond acceptors (Lipinski definition) is 3. The van der Waals surface area contributed by atoms with Gasteiger partial charge < -0.3 is 10.2 Å². The molecule has 2 N–H and O–H groups in total. The summed E-state index contributed by atoms with van der Waals surface area (Å²) in [6.07, 6.45) is 1.66. The van der Waals surface area contributed by atoms with Gasteiger partial charge in [-0.05, 0) is 31.4 Å². The monoisotopic (exact) mass is 283 g/mol. The standard InChI is InChI=1S/C15H22ClNO2/c1-11-5-4-8-17(14(11)10-18)9-15(19)12-6-2-3-7-13(12)16/h2-3,6-7,11,14-15,18-19H,4-5,8-10H2,1H3. The number of rotatable bonds is 4. The molecule has 2 rings (SSSR count). The number of aliphatic hydroxyl groups is 2. The quantitative estimate of drug-likeness (QED) is 0.892. The SMILES string of the molecule is CC1CCCN(CC(O)c2ccccc2Cl)C1CO. The van der Waals surface area contributed by atoms with Gasteiger partial charge >= 0.3 is 0 Å². The van der Waals surface area contributed by atoms with Crippen LogP contribution in [-0.4, -0.2) is 40.9 Å². The molecular formula is C15H22ClNO2. The molecule has 3 atom stereocenters. The number of likely N-dealkylation sites (tertiary alicyclic amines) is 1. The van der Waals surface area contributed by atoms with E-state index >= 15 is 0 Å². The molecule has 106 valence electrons. The minimum Gasteiger partial charge on any atom is -0.395 e. The first-order chi connectivity index (χ1) is 9.13. The minimum absolute atomic E-state index is 0.144. The van der Waals surface area contributed by atoms with Gasteiger partial charge in [-0.3, -0.25) is 4.90 Å². The van der Waals surface area contributed by atoms with Crippen LogP contribution < -0.4 is 0 Å². The first-order valence-corrected chi connectivity index (χ1v) is 7.28. The summed E-state index contributed by atoms with van der Waals surface area (Å²) in [7, 11) is 0. The zero-order chi connectivity index (χ0) is 13.8. The fourth-order valence-corrected chi connectivity index (χ4v) is 3.18. The van der Waals surface area contributed by atoms with E-state index in [-0.39, 0.29) is 12.6 Å². The zero-order valence-corrected chi connectivity index (χ0v) is 12.1. The van der Waals surface area contributed by atoms with Gasteiger partial charge in [0.05, 0.1) is 12.7 Å². The molecule has 0 spiro atoms. The topological polar surface area (TPSA) is 43.7 Å². The Labute approximate surface area is 119 Å². The van der Waals surface area contributed by atoms with Crippen LogP contribution in [-0.2, 0) is 0 Å². The largest absolute Gasteiger partial charge is 0.395 e. The molecule has 1 aliphatic heterocycles. The molecule has 1 heterocycles. The summed E-state index contributed by atoms with van der Waals surface area (Å²) >= 11 is 6.11. The highest BCUT2D eigenvalue weighted by Gasteiger charge is 2.29. The molecule has 0 radical (unpaired) electrons. The van der Waals surface area contributed by atoms with Crippen LogP contribution in [0.2, 0.25) is 5.02 Å². The van der Waals surface area contributed by atoms with E-state index in [9.17, 15) is 10.2 Å². The third-order valence-corrected chi connectivity index (χ3v) is 4.43. The Morgan fingerprint density at radius 3 is 2.84 bits per heavy atom. The molecule has 0 aromatic heterocycles. The Morgan fingerprint density at radius 1 is 1.42 bits per heavy atom. The molecule has 0 saturated carbocycles. The van der Waals surface area contributed by atoms with Crippen molar-refractivity contribution in [3.05, 3.63) is 34.9 Å². The van der Waals surface area contributed by atoms with Gasteiger partial charge in [-0.15, -0.1) is 0 Å². The fraction of sp³-hybridized carbons (Fsp3) is 0.600. The molecule has 0 amide bonds. The number of halogens is 1. The van der Waals surface area contributed by atoms with Gasteiger partial charge in [0, 0.05) is 23.2 Å². The number of nitrogens with zero attached hydrogens (tertiary/aromatic N) is 1. The molecule has 19 heavy (non-hydrogen) atoms. The van der Waals surface area contributed by atoms with Crippen molar-refractivity contribution in [2.24, 2.45) is 5.92 Å². The lowest BCUT2D eigenvalue weighted by Gasteiger charge is -2.40. The van der Waals surface area contributed by atoms with Crippen LogP contribution in [0.4, 0.5) is 0 Å². The normalized spacial score (nSPS) is 26.3. The van der Waals surface area contributed by atoms with Crippen LogP contribution in [0.25, 0.3) is 0 Å². The number of aliphatic hydroxyl groups excluding tert-OH is 2. The maximum Gasteiger partial charge on any atom is 0.0931 e. The molecule has 3 unspecified atom stereocenters. The number of β-amino-alcohol motifs (C(OH)–C–C–N with tert-alkyl or cyclic N) is 1. The average molecular weight is 284 g/mol. The van der Waals surface area contributed by atoms with Gasteiger partial charge in [0.2, 0.25) is 0 Å². The highest BCUT2D eigenvalue weighted by molar-refractivity contribution is 6.31. The molecule has 4 heteroatoms. The Morgan fingerprint density at radius 2 is 2.16 bits per heavy atom. The summed E-state index contributed by atoms with van der Waals surface area (Å²) in [5.74, 6) is 0.470. The number of hydrogen-bond donors (Lipinski definition) is 2. The van der Waals surface area contributed by atoms with Crippen molar-refractivity contribution >= 4 is 11.6 Å². The molecule has 0 aliphatic carbocycles. The van der Waals surface area contributed by atoms with Gasteiger partial charge in [-0.25, -0.2) is 0 Å². The van der Waals surface area contributed by atoms with E-state index in [1.807, 2.05) is 18.2 Å². The maximum atomic E-state index is 10.3. The highest BCUT2D eigenvalue weighted by atomic mass is 35.5. The van der Waals surface area contributed by atoms with E-state index in [0.717, 1.165) is 24.9 Å². The van der Waals surface area contributed by atoms with Crippen molar-refractivity contribution in [1.29, 1.82) is 0 Å². The van der Waals surface area contributed by atoms with Crippen molar-refractivity contribution in [2.45, 2.75) is 31.9 Å². The average Bonchev–Trinajstić information content (AvgIpc) is 2.39. The third kappa shape index (κ3) is 3.48. The summed E-state index contributed by atoms with van der Waals surface area (Å²) in [6, 6.07) is 7.53. The van der Waals surface area contributed by atoms with Gasteiger partial charge in [0.25, 0.3) is 0 Å². The predicted octanol–water partition coefficient (Wildman–Crippen LogP) is 2.47. The summed E-state index contributed by atoms with van der Waals surface area (Å²) in [6.45, 7) is 3.77. The summed E-state index contributed by atoms with van der Waals surface area (Å²) in [5, 5.41) is 20.5.